The number of aromatic nitrogens is 2. The van der Waals surface area contributed by atoms with Crippen LogP contribution in [0.4, 0.5) is 5.69 Å². The Balaban J connectivity index is 1.80. The highest BCUT2D eigenvalue weighted by Crippen LogP contribution is 2.22. The lowest BCUT2D eigenvalue weighted by Gasteiger charge is -2.11. The molecule has 0 saturated heterocycles. The van der Waals surface area contributed by atoms with Crippen molar-refractivity contribution in [3.8, 4) is 0 Å². The molecule has 3 aromatic rings. The molecule has 0 aliphatic rings. The summed E-state index contributed by atoms with van der Waals surface area (Å²) in [5.74, 6) is 0.0218. The summed E-state index contributed by atoms with van der Waals surface area (Å²) in [5.41, 5.74) is 1.28. The summed E-state index contributed by atoms with van der Waals surface area (Å²) < 4.78 is 2.42. The van der Waals surface area contributed by atoms with Gasteiger partial charge in [0.2, 0.25) is 5.91 Å². The van der Waals surface area contributed by atoms with Gasteiger partial charge in [-0.05, 0) is 47.1 Å². The van der Waals surface area contributed by atoms with Gasteiger partial charge in [0, 0.05) is 11.0 Å². The fourth-order valence-corrected chi connectivity index (χ4v) is 3.66. The van der Waals surface area contributed by atoms with Gasteiger partial charge in [-0.3, -0.25) is 14.2 Å². The molecule has 128 valence electrons. The van der Waals surface area contributed by atoms with Crippen LogP contribution in [0.1, 0.15) is 6.92 Å². The van der Waals surface area contributed by atoms with E-state index in [4.69, 9.17) is 0 Å². The number of carbonyl (C=O) groups is 1. The van der Waals surface area contributed by atoms with Crippen LogP contribution in [0, 0.1) is 0 Å². The van der Waals surface area contributed by atoms with Crippen LogP contribution in [-0.4, -0.2) is 21.2 Å². The second kappa shape index (κ2) is 7.84. The van der Waals surface area contributed by atoms with Crippen LogP contribution >= 0.6 is 27.7 Å². The maximum absolute atomic E-state index is 12.6. The number of rotatable bonds is 5. The number of para-hydroxylation sites is 2. The average Bonchev–Trinajstić information content (AvgIpc) is 2.62. The molecule has 0 aliphatic heterocycles. The van der Waals surface area contributed by atoms with Crippen molar-refractivity contribution in [3.05, 3.63) is 63.4 Å². The summed E-state index contributed by atoms with van der Waals surface area (Å²) in [4.78, 5) is 29.3. The standard InChI is InChI=1S/C18H16BrN3O2S/c1-2-22-17(24)12-7-3-5-9-14(12)21-18(22)25-11-16(23)20-15-10-6-4-8-13(15)19/h3-10H,2,11H2,1H3,(H,20,23). The SMILES string of the molecule is CCn1c(SCC(=O)Nc2ccccc2Br)nc2ccccc2c1=O. The molecule has 0 fully saturated rings. The van der Waals surface area contributed by atoms with Gasteiger partial charge >= 0.3 is 0 Å². The third-order valence-electron chi connectivity index (χ3n) is 3.62. The van der Waals surface area contributed by atoms with Gasteiger partial charge in [-0.15, -0.1) is 0 Å². The first-order valence-electron chi connectivity index (χ1n) is 7.77. The molecule has 7 heteroatoms. The summed E-state index contributed by atoms with van der Waals surface area (Å²) in [6, 6.07) is 14.7. The van der Waals surface area contributed by atoms with Crippen LogP contribution in [0.25, 0.3) is 10.9 Å². The fourth-order valence-electron chi connectivity index (χ4n) is 2.42. The Bertz CT molecular complexity index is 987. The quantitative estimate of drug-likeness (QED) is 0.504. The zero-order chi connectivity index (χ0) is 17.8. The van der Waals surface area contributed by atoms with E-state index in [-0.39, 0.29) is 17.2 Å². The van der Waals surface area contributed by atoms with Gasteiger partial charge in [0.05, 0.1) is 22.3 Å². The number of amides is 1. The first kappa shape index (κ1) is 17.7. The monoisotopic (exact) mass is 417 g/mol. The molecule has 25 heavy (non-hydrogen) atoms. The van der Waals surface area contributed by atoms with Crippen molar-refractivity contribution < 1.29 is 4.79 Å². The second-order valence-electron chi connectivity index (χ2n) is 5.28. The van der Waals surface area contributed by atoms with E-state index in [1.54, 1.807) is 10.6 Å². The number of carbonyl (C=O) groups excluding carboxylic acids is 1. The summed E-state index contributed by atoms with van der Waals surface area (Å²) in [6.45, 7) is 2.40. The maximum atomic E-state index is 12.6. The largest absolute Gasteiger partial charge is 0.324 e. The number of benzene rings is 2. The first-order valence-corrected chi connectivity index (χ1v) is 9.54. The van der Waals surface area contributed by atoms with E-state index in [2.05, 4.69) is 26.2 Å². The van der Waals surface area contributed by atoms with Gasteiger partial charge in [-0.2, -0.15) is 0 Å². The summed E-state index contributed by atoms with van der Waals surface area (Å²) in [5, 5.41) is 3.99. The molecule has 2 aromatic carbocycles. The zero-order valence-corrected chi connectivity index (χ0v) is 15.9. The van der Waals surface area contributed by atoms with Crippen LogP contribution in [-0.2, 0) is 11.3 Å². The van der Waals surface area contributed by atoms with Crippen molar-refractivity contribution >= 4 is 50.2 Å². The number of halogens is 1. The lowest BCUT2D eigenvalue weighted by Crippen LogP contribution is -2.23. The average molecular weight is 418 g/mol. The van der Waals surface area contributed by atoms with Crippen molar-refractivity contribution in [2.45, 2.75) is 18.6 Å². The van der Waals surface area contributed by atoms with Crippen molar-refractivity contribution in [2.24, 2.45) is 0 Å². The van der Waals surface area contributed by atoms with Crippen molar-refractivity contribution in [2.75, 3.05) is 11.1 Å². The van der Waals surface area contributed by atoms with Crippen LogP contribution in [0.5, 0.6) is 0 Å². The topological polar surface area (TPSA) is 64.0 Å². The Morgan fingerprint density at radius 3 is 2.68 bits per heavy atom. The summed E-state index contributed by atoms with van der Waals surface area (Å²) >= 11 is 4.66. The Labute approximate surface area is 157 Å². The molecule has 1 N–H and O–H groups in total. The molecule has 0 bridgehead atoms. The van der Waals surface area contributed by atoms with Crippen molar-refractivity contribution in [1.29, 1.82) is 0 Å². The van der Waals surface area contributed by atoms with E-state index in [1.807, 2.05) is 49.4 Å². The Morgan fingerprint density at radius 2 is 1.92 bits per heavy atom. The van der Waals surface area contributed by atoms with E-state index < -0.39 is 0 Å². The third-order valence-corrected chi connectivity index (χ3v) is 5.29. The van der Waals surface area contributed by atoms with E-state index in [1.165, 1.54) is 11.8 Å². The molecule has 0 atom stereocenters. The van der Waals surface area contributed by atoms with Gasteiger partial charge in [0.15, 0.2) is 5.16 Å². The minimum atomic E-state index is -0.151. The number of hydrogen-bond acceptors (Lipinski definition) is 4. The summed E-state index contributed by atoms with van der Waals surface area (Å²) in [6.07, 6.45) is 0. The minimum Gasteiger partial charge on any atom is -0.324 e. The lowest BCUT2D eigenvalue weighted by atomic mass is 10.2. The van der Waals surface area contributed by atoms with Crippen LogP contribution < -0.4 is 10.9 Å². The number of nitrogens with one attached hydrogen (secondary N) is 1. The number of anilines is 1. The predicted molar refractivity (Wildman–Crippen MR) is 105 cm³/mol. The number of hydrogen-bond donors (Lipinski definition) is 1. The molecule has 0 radical (unpaired) electrons. The molecule has 0 spiro atoms. The van der Waals surface area contributed by atoms with Crippen LogP contribution in [0.3, 0.4) is 0 Å². The number of thioether (sulfide) groups is 1. The molecular formula is C18H16BrN3O2S. The smallest absolute Gasteiger partial charge is 0.262 e. The Morgan fingerprint density at radius 1 is 1.20 bits per heavy atom. The molecule has 1 amide bonds. The van der Waals surface area contributed by atoms with Crippen LogP contribution in [0.2, 0.25) is 0 Å². The highest BCUT2D eigenvalue weighted by molar-refractivity contribution is 9.10. The number of fused-ring (bicyclic) bond motifs is 1. The molecule has 5 nitrogen and oxygen atoms in total. The van der Waals surface area contributed by atoms with Gasteiger partial charge in [0.25, 0.3) is 5.56 Å². The molecule has 3 rings (SSSR count). The fraction of sp³-hybridized carbons (Fsp3) is 0.167. The number of nitrogens with zero attached hydrogens (tertiary/aromatic N) is 2. The summed E-state index contributed by atoms with van der Waals surface area (Å²) in [7, 11) is 0. The lowest BCUT2D eigenvalue weighted by molar-refractivity contribution is -0.113. The van der Waals surface area contributed by atoms with Crippen molar-refractivity contribution in [3.63, 3.8) is 0 Å². The Kier molecular flexibility index (Phi) is 5.55. The van der Waals surface area contributed by atoms with Crippen molar-refractivity contribution in [1.82, 2.24) is 9.55 Å². The van der Waals surface area contributed by atoms with Crippen LogP contribution in [0.15, 0.2) is 63.0 Å². The zero-order valence-electron chi connectivity index (χ0n) is 13.5. The molecule has 1 heterocycles. The first-order chi connectivity index (χ1) is 12.1. The molecule has 0 saturated carbocycles. The normalized spacial score (nSPS) is 10.8. The minimum absolute atomic E-state index is 0.0817. The van der Waals surface area contributed by atoms with Gasteiger partial charge < -0.3 is 5.32 Å². The van der Waals surface area contributed by atoms with E-state index in [9.17, 15) is 9.59 Å². The molecule has 1 aromatic heterocycles. The Hall–Kier alpha value is -2.12. The van der Waals surface area contributed by atoms with Gasteiger partial charge in [-0.25, -0.2) is 4.98 Å². The molecule has 0 unspecified atom stereocenters. The maximum Gasteiger partial charge on any atom is 0.262 e. The third kappa shape index (κ3) is 3.93. The highest BCUT2D eigenvalue weighted by atomic mass is 79.9. The molecule has 0 aliphatic carbocycles. The second-order valence-corrected chi connectivity index (χ2v) is 7.07. The predicted octanol–water partition coefficient (Wildman–Crippen LogP) is 3.91. The molecular weight excluding hydrogens is 402 g/mol. The van der Waals surface area contributed by atoms with Gasteiger partial charge in [-0.1, -0.05) is 36.0 Å². The highest BCUT2D eigenvalue weighted by Gasteiger charge is 2.12. The van der Waals surface area contributed by atoms with E-state index >= 15 is 0 Å². The van der Waals surface area contributed by atoms with E-state index in [0.29, 0.717) is 28.3 Å². The van der Waals surface area contributed by atoms with E-state index in [0.717, 1.165) is 4.47 Å². The van der Waals surface area contributed by atoms with Gasteiger partial charge in [0.1, 0.15) is 0 Å².